The molecule has 0 aliphatic heterocycles. The van der Waals surface area contributed by atoms with Crippen LogP contribution in [0.25, 0.3) is 0 Å². The third-order valence-electron chi connectivity index (χ3n) is 2.27. The Bertz CT molecular complexity index is 646. The quantitative estimate of drug-likeness (QED) is 0.896. The lowest BCUT2D eigenvalue weighted by molar-refractivity contribution is 0.0696. The minimum Gasteiger partial charge on any atom is -0.478 e. The molecule has 2 heterocycles. The van der Waals surface area contributed by atoms with Crippen molar-refractivity contribution < 1.29 is 14.7 Å². The van der Waals surface area contributed by atoms with Crippen LogP contribution in [0, 0.1) is 0 Å². The Morgan fingerprint density at radius 1 is 1.26 bits per heavy atom. The Hall–Kier alpha value is -2.47. The number of carboxylic acids is 1. The largest absolute Gasteiger partial charge is 0.478 e. The molecule has 1 amide bonds. The molecule has 2 N–H and O–H groups in total. The van der Waals surface area contributed by atoms with Gasteiger partial charge in [0.2, 0.25) is 0 Å². The highest BCUT2D eigenvalue weighted by atomic mass is 35.5. The van der Waals surface area contributed by atoms with Crippen molar-refractivity contribution in [2.75, 3.05) is 5.32 Å². The molecule has 2 rings (SSSR count). The average molecular weight is 278 g/mol. The van der Waals surface area contributed by atoms with Gasteiger partial charge in [-0.05, 0) is 18.2 Å². The summed E-state index contributed by atoms with van der Waals surface area (Å²) in [5.74, 6) is -1.44. The molecule has 6 nitrogen and oxygen atoms in total. The summed E-state index contributed by atoms with van der Waals surface area (Å²) in [5.41, 5.74) is 0.269. The first kappa shape index (κ1) is 13.0. The number of aromatic nitrogens is 2. The zero-order chi connectivity index (χ0) is 13.8. The number of hydrogen-bond donors (Lipinski definition) is 2. The van der Waals surface area contributed by atoms with Gasteiger partial charge in [0, 0.05) is 18.6 Å². The van der Waals surface area contributed by atoms with E-state index in [4.69, 9.17) is 16.7 Å². The van der Waals surface area contributed by atoms with Crippen molar-refractivity contribution in [1.29, 1.82) is 0 Å². The van der Waals surface area contributed by atoms with Gasteiger partial charge in [-0.1, -0.05) is 11.6 Å². The van der Waals surface area contributed by atoms with E-state index in [9.17, 15) is 9.59 Å². The standard InChI is InChI=1S/C12H8ClN3O3/c13-9-6-14-3-2-8(9)11(17)16-10-5-7(12(18)19)1-4-15-10/h1-6H,(H,18,19)(H,15,16,17). The van der Waals surface area contributed by atoms with Gasteiger partial charge in [-0.2, -0.15) is 0 Å². The summed E-state index contributed by atoms with van der Waals surface area (Å²) in [7, 11) is 0. The fraction of sp³-hybridized carbons (Fsp3) is 0. The number of carbonyl (C=O) groups is 2. The summed E-state index contributed by atoms with van der Waals surface area (Å²) < 4.78 is 0. The Labute approximate surface area is 113 Å². The highest BCUT2D eigenvalue weighted by molar-refractivity contribution is 6.34. The van der Waals surface area contributed by atoms with E-state index in [2.05, 4.69) is 15.3 Å². The number of hydrogen-bond acceptors (Lipinski definition) is 4. The molecule has 2 aromatic rings. The van der Waals surface area contributed by atoms with Crippen molar-refractivity contribution in [3.63, 3.8) is 0 Å². The average Bonchev–Trinajstić information content (AvgIpc) is 2.39. The maximum Gasteiger partial charge on any atom is 0.335 e. The molecule has 0 aliphatic rings. The number of amides is 1. The highest BCUT2D eigenvalue weighted by Gasteiger charge is 2.12. The zero-order valence-corrected chi connectivity index (χ0v) is 10.3. The lowest BCUT2D eigenvalue weighted by Crippen LogP contribution is -2.14. The molecule has 0 atom stereocenters. The summed E-state index contributed by atoms with van der Waals surface area (Å²) in [4.78, 5) is 30.3. The number of nitrogens with zero attached hydrogens (tertiary/aromatic N) is 2. The smallest absolute Gasteiger partial charge is 0.335 e. The van der Waals surface area contributed by atoms with Crippen molar-refractivity contribution in [3.8, 4) is 0 Å². The van der Waals surface area contributed by atoms with Crippen LogP contribution in [0.15, 0.2) is 36.8 Å². The number of aromatic carboxylic acids is 1. The first-order valence-corrected chi connectivity index (χ1v) is 5.56. The molecule has 0 saturated carbocycles. The second-order valence-electron chi connectivity index (χ2n) is 3.54. The monoisotopic (exact) mass is 277 g/mol. The van der Waals surface area contributed by atoms with E-state index in [1.54, 1.807) is 0 Å². The van der Waals surface area contributed by atoms with Gasteiger partial charge in [-0.15, -0.1) is 0 Å². The maximum atomic E-state index is 11.9. The van der Waals surface area contributed by atoms with Gasteiger partial charge in [-0.3, -0.25) is 9.78 Å². The van der Waals surface area contributed by atoms with Gasteiger partial charge >= 0.3 is 5.97 Å². The molecular formula is C12H8ClN3O3. The Morgan fingerprint density at radius 2 is 2.05 bits per heavy atom. The fourth-order valence-electron chi connectivity index (χ4n) is 1.37. The van der Waals surface area contributed by atoms with E-state index in [0.717, 1.165) is 0 Å². The van der Waals surface area contributed by atoms with Crippen molar-refractivity contribution in [2.24, 2.45) is 0 Å². The fourth-order valence-corrected chi connectivity index (χ4v) is 1.58. The molecule has 2 aromatic heterocycles. The Balaban J connectivity index is 2.22. The second-order valence-corrected chi connectivity index (χ2v) is 3.95. The van der Waals surface area contributed by atoms with E-state index in [0.29, 0.717) is 0 Å². The SMILES string of the molecule is O=C(O)c1ccnc(NC(=O)c2ccncc2Cl)c1. The van der Waals surface area contributed by atoms with Crippen LogP contribution in [0.4, 0.5) is 5.82 Å². The first-order valence-electron chi connectivity index (χ1n) is 5.18. The molecule has 0 fully saturated rings. The number of pyridine rings is 2. The first-order chi connectivity index (χ1) is 9.08. The van der Waals surface area contributed by atoms with Crippen molar-refractivity contribution in [1.82, 2.24) is 9.97 Å². The van der Waals surface area contributed by atoms with Gasteiger partial charge in [-0.25, -0.2) is 9.78 Å². The summed E-state index contributed by atoms with van der Waals surface area (Å²) in [6.45, 7) is 0. The number of anilines is 1. The number of nitrogens with one attached hydrogen (secondary N) is 1. The van der Waals surface area contributed by atoms with E-state index in [-0.39, 0.29) is 22.0 Å². The molecule has 96 valence electrons. The lowest BCUT2D eigenvalue weighted by Gasteiger charge is -2.06. The predicted molar refractivity (Wildman–Crippen MR) is 68.4 cm³/mol. The predicted octanol–water partition coefficient (Wildman–Crippen LogP) is 2.08. The third kappa shape index (κ3) is 3.05. The van der Waals surface area contributed by atoms with Gasteiger partial charge in [0.15, 0.2) is 0 Å². The number of halogens is 1. The maximum absolute atomic E-state index is 11.9. The van der Waals surface area contributed by atoms with Gasteiger partial charge in [0.25, 0.3) is 5.91 Å². The van der Waals surface area contributed by atoms with Crippen molar-refractivity contribution in [3.05, 3.63) is 52.9 Å². The van der Waals surface area contributed by atoms with Crippen LogP contribution in [0.1, 0.15) is 20.7 Å². The van der Waals surface area contributed by atoms with E-state index >= 15 is 0 Å². The van der Waals surface area contributed by atoms with Crippen LogP contribution in [0.2, 0.25) is 5.02 Å². The minimum atomic E-state index is -1.10. The zero-order valence-electron chi connectivity index (χ0n) is 9.50. The molecule has 7 heteroatoms. The van der Waals surface area contributed by atoms with Gasteiger partial charge in [0.05, 0.1) is 16.1 Å². The van der Waals surface area contributed by atoms with Gasteiger partial charge < -0.3 is 10.4 Å². The van der Waals surface area contributed by atoms with Crippen LogP contribution in [0.5, 0.6) is 0 Å². The molecule has 0 saturated heterocycles. The van der Waals surface area contributed by atoms with Crippen molar-refractivity contribution >= 4 is 29.3 Å². The number of carboxylic acid groups (broad SMARTS) is 1. The third-order valence-corrected chi connectivity index (χ3v) is 2.57. The van der Waals surface area contributed by atoms with E-state index < -0.39 is 11.9 Å². The minimum absolute atomic E-state index is 0.0334. The summed E-state index contributed by atoms with van der Waals surface area (Å²) in [6, 6.07) is 4.05. The van der Waals surface area contributed by atoms with Crippen molar-refractivity contribution in [2.45, 2.75) is 0 Å². The second kappa shape index (κ2) is 5.45. The van der Waals surface area contributed by atoms with Crippen LogP contribution in [0.3, 0.4) is 0 Å². The van der Waals surface area contributed by atoms with Crippen LogP contribution in [-0.2, 0) is 0 Å². The molecule has 0 aliphatic carbocycles. The summed E-state index contributed by atoms with van der Waals surface area (Å²) in [5, 5.41) is 11.5. The molecule has 0 bridgehead atoms. The van der Waals surface area contributed by atoms with E-state index in [1.807, 2.05) is 0 Å². The molecule has 0 aromatic carbocycles. The highest BCUT2D eigenvalue weighted by Crippen LogP contribution is 2.15. The molecule has 0 spiro atoms. The van der Waals surface area contributed by atoms with Gasteiger partial charge in [0.1, 0.15) is 5.82 Å². The number of rotatable bonds is 3. The Kier molecular flexibility index (Phi) is 3.72. The lowest BCUT2D eigenvalue weighted by atomic mass is 10.2. The van der Waals surface area contributed by atoms with E-state index in [1.165, 1.54) is 36.8 Å². The number of carbonyl (C=O) groups excluding carboxylic acids is 1. The molecule has 0 radical (unpaired) electrons. The molecular weight excluding hydrogens is 270 g/mol. The summed E-state index contributed by atoms with van der Waals surface area (Å²) >= 11 is 5.83. The summed E-state index contributed by atoms with van der Waals surface area (Å²) in [6.07, 6.45) is 4.08. The normalized spacial score (nSPS) is 9.95. The van der Waals surface area contributed by atoms with Crippen LogP contribution >= 0.6 is 11.6 Å². The Morgan fingerprint density at radius 3 is 2.74 bits per heavy atom. The molecule has 0 unspecified atom stereocenters. The molecule has 19 heavy (non-hydrogen) atoms. The topological polar surface area (TPSA) is 92.2 Å². The van der Waals surface area contributed by atoms with Crippen LogP contribution in [-0.4, -0.2) is 27.0 Å². The van der Waals surface area contributed by atoms with Crippen LogP contribution < -0.4 is 5.32 Å².